The number of amides is 4. The Morgan fingerprint density at radius 3 is 2.41 bits per heavy atom. The molecule has 2 aromatic carbocycles. The van der Waals surface area contributed by atoms with Crippen LogP contribution in [0.4, 0.5) is 16.2 Å². The molecule has 0 radical (unpaired) electrons. The number of aromatic nitrogens is 2. The quantitative estimate of drug-likeness (QED) is 0.425. The second-order valence-electron chi connectivity index (χ2n) is 10.2. The summed E-state index contributed by atoms with van der Waals surface area (Å²) in [5, 5.41) is 12.0. The van der Waals surface area contributed by atoms with Crippen LogP contribution in [0.1, 0.15) is 74.5 Å². The molecule has 1 aliphatic heterocycles. The van der Waals surface area contributed by atoms with E-state index in [1.54, 1.807) is 43.3 Å². The summed E-state index contributed by atoms with van der Waals surface area (Å²) in [5.74, 6) is -0.223. The van der Waals surface area contributed by atoms with Crippen molar-refractivity contribution in [3.8, 4) is 0 Å². The van der Waals surface area contributed by atoms with Crippen molar-refractivity contribution in [1.82, 2.24) is 25.3 Å². The van der Waals surface area contributed by atoms with Crippen molar-refractivity contribution < 1.29 is 18.5 Å². The first-order chi connectivity index (χ1) is 19.7. The van der Waals surface area contributed by atoms with Crippen LogP contribution in [0.25, 0.3) is 0 Å². The van der Waals surface area contributed by atoms with E-state index in [1.807, 2.05) is 48.1 Å². The second-order valence-corrected chi connectivity index (χ2v) is 10.2. The van der Waals surface area contributed by atoms with Gasteiger partial charge in [-0.1, -0.05) is 19.1 Å². The van der Waals surface area contributed by atoms with E-state index in [0.717, 1.165) is 29.1 Å². The monoisotopic (exact) mass is 534 g/mol. The fraction of sp³-hybridized carbons (Fsp3) is 0.379. The van der Waals surface area contributed by atoms with Crippen LogP contribution in [0.3, 0.4) is 0 Å². The number of hydrogen-bond acceptors (Lipinski definition) is 5. The molecule has 3 aromatic rings. The minimum absolute atomic E-state index is 0.0575. The van der Waals surface area contributed by atoms with E-state index in [1.165, 1.54) is 0 Å². The van der Waals surface area contributed by atoms with E-state index < -0.39 is 13.0 Å². The predicted octanol–water partition coefficient (Wildman–Crippen LogP) is 3.97. The van der Waals surface area contributed by atoms with Gasteiger partial charge in [0.1, 0.15) is 0 Å². The summed E-state index contributed by atoms with van der Waals surface area (Å²) >= 11 is 0. The molecule has 4 amide bonds. The number of urea groups is 1. The first-order valence-electron chi connectivity index (χ1n) is 14.4. The molecule has 1 aliphatic rings. The van der Waals surface area contributed by atoms with Gasteiger partial charge in [-0.25, -0.2) is 4.79 Å². The number of carbonyl (C=O) groups excluding carboxylic acids is 3. The molecule has 4 rings (SSSR count). The molecule has 0 fully saturated rings. The minimum Gasteiger partial charge on any atom is -0.366 e. The molecule has 3 N–H and O–H groups in total. The Labute approximate surface area is 233 Å². The summed E-state index contributed by atoms with van der Waals surface area (Å²) in [6, 6.07) is 13.5. The zero-order chi connectivity index (χ0) is 30.8. The predicted molar refractivity (Wildman–Crippen MR) is 152 cm³/mol. The molecular weight excluding hydrogens is 494 g/mol. The van der Waals surface area contributed by atoms with Crippen molar-refractivity contribution in [2.45, 2.75) is 45.8 Å². The van der Waals surface area contributed by atoms with Gasteiger partial charge in [0.25, 0.3) is 11.8 Å². The third kappa shape index (κ3) is 6.05. The molecule has 0 unspecified atom stereocenters. The lowest BCUT2D eigenvalue weighted by Crippen LogP contribution is -2.34. The maximum absolute atomic E-state index is 13.4. The van der Waals surface area contributed by atoms with Crippen molar-refractivity contribution in [3.05, 3.63) is 76.6 Å². The molecule has 1 aromatic heterocycles. The second kappa shape index (κ2) is 11.6. The Balaban J connectivity index is 1.48. The SMILES string of the molecule is [2H]C([2H])([2H])NC(=O)Nc1ccc(CNC(=O)c2nn(C(C)C)c3c2CN(c2ccc(C(=O)N(C)C)cc2)C[C@@H]3C)cc1. The zero-order valence-corrected chi connectivity index (χ0v) is 22.9. The van der Waals surface area contributed by atoms with E-state index >= 15 is 0 Å². The average molecular weight is 535 g/mol. The van der Waals surface area contributed by atoms with Gasteiger partial charge in [0.2, 0.25) is 0 Å². The normalized spacial score (nSPS) is 16.0. The van der Waals surface area contributed by atoms with Crippen molar-refractivity contribution in [2.24, 2.45) is 0 Å². The summed E-state index contributed by atoms with van der Waals surface area (Å²) in [6.45, 7) is 5.13. The van der Waals surface area contributed by atoms with Gasteiger partial charge in [-0.15, -0.1) is 0 Å². The summed E-state index contributed by atoms with van der Waals surface area (Å²) in [4.78, 5) is 41.3. The molecule has 0 bridgehead atoms. The van der Waals surface area contributed by atoms with Gasteiger partial charge < -0.3 is 25.8 Å². The van der Waals surface area contributed by atoms with Crippen LogP contribution in [0, 0.1) is 0 Å². The van der Waals surface area contributed by atoms with Gasteiger partial charge in [0.05, 0.1) is 0 Å². The number of nitrogens with zero attached hydrogens (tertiary/aromatic N) is 4. The Bertz CT molecular complexity index is 1450. The van der Waals surface area contributed by atoms with Gasteiger partial charge in [-0.3, -0.25) is 14.3 Å². The Morgan fingerprint density at radius 1 is 1.10 bits per heavy atom. The summed E-state index contributed by atoms with van der Waals surface area (Å²) in [6.07, 6.45) is 0. The van der Waals surface area contributed by atoms with Crippen LogP contribution in [-0.2, 0) is 13.1 Å². The molecule has 206 valence electrons. The maximum atomic E-state index is 13.4. The number of benzene rings is 2. The largest absolute Gasteiger partial charge is 0.366 e. The molecular formula is C29H37N7O3. The Kier molecular flexibility index (Phi) is 7.06. The van der Waals surface area contributed by atoms with Gasteiger partial charge >= 0.3 is 6.03 Å². The number of nitrogens with one attached hydrogen (secondary N) is 3. The van der Waals surface area contributed by atoms with Crippen LogP contribution in [-0.4, -0.2) is 60.1 Å². The van der Waals surface area contributed by atoms with E-state index in [2.05, 4.69) is 22.5 Å². The first kappa shape index (κ1) is 23.8. The van der Waals surface area contributed by atoms with E-state index in [9.17, 15) is 14.4 Å². The molecule has 0 aliphatic carbocycles. The highest BCUT2D eigenvalue weighted by Gasteiger charge is 2.33. The smallest absolute Gasteiger partial charge is 0.318 e. The van der Waals surface area contributed by atoms with E-state index in [4.69, 9.17) is 9.21 Å². The molecule has 0 saturated heterocycles. The highest BCUT2D eigenvalue weighted by molar-refractivity contribution is 5.95. The lowest BCUT2D eigenvalue weighted by Gasteiger charge is -2.34. The summed E-state index contributed by atoms with van der Waals surface area (Å²) in [7, 11) is 3.45. The molecule has 0 spiro atoms. The van der Waals surface area contributed by atoms with E-state index in [0.29, 0.717) is 23.5 Å². The third-order valence-electron chi connectivity index (χ3n) is 6.73. The number of carbonyl (C=O) groups is 3. The highest BCUT2D eigenvalue weighted by Crippen LogP contribution is 2.35. The van der Waals surface area contributed by atoms with Crippen LogP contribution < -0.4 is 20.9 Å². The maximum Gasteiger partial charge on any atom is 0.318 e. The van der Waals surface area contributed by atoms with Gasteiger partial charge in [-0.05, 0) is 55.8 Å². The standard InChI is InChI=1S/C29H37N7O3/c1-18(2)36-26-19(3)16-35(23-13-9-21(10-14-23)28(38)34(5)6)17-24(26)25(33-36)27(37)31-15-20-7-11-22(12-8-20)32-29(39)30-4/h7-14,18-19H,15-17H2,1-6H3,(H,31,37)(H2,30,32,39)/t19-/m0/s1/i4D3. The number of rotatable bonds is 7. The van der Waals surface area contributed by atoms with Gasteiger partial charge in [-0.2, -0.15) is 5.10 Å². The summed E-state index contributed by atoms with van der Waals surface area (Å²) < 4.78 is 23.3. The van der Waals surface area contributed by atoms with Crippen LogP contribution in [0.15, 0.2) is 48.5 Å². The van der Waals surface area contributed by atoms with Crippen molar-refractivity contribution >= 4 is 29.2 Å². The highest BCUT2D eigenvalue weighted by atomic mass is 16.2. The van der Waals surface area contributed by atoms with Crippen LogP contribution in [0.2, 0.25) is 0 Å². The van der Waals surface area contributed by atoms with Gasteiger partial charge in [0.15, 0.2) is 5.69 Å². The Morgan fingerprint density at radius 2 is 1.79 bits per heavy atom. The molecule has 0 saturated carbocycles. The van der Waals surface area contributed by atoms with E-state index in [-0.39, 0.29) is 30.3 Å². The van der Waals surface area contributed by atoms with Crippen molar-refractivity contribution in [3.63, 3.8) is 0 Å². The topological polar surface area (TPSA) is 112 Å². The van der Waals surface area contributed by atoms with Crippen molar-refractivity contribution in [2.75, 3.05) is 37.8 Å². The van der Waals surface area contributed by atoms with Crippen molar-refractivity contribution in [1.29, 1.82) is 0 Å². The van der Waals surface area contributed by atoms with Crippen LogP contribution in [0.5, 0.6) is 0 Å². The number of anilines is 2. The Hall–Kier alpha value is -4.34. The molecule has 10 nitrogen and oxygen atoms in total. The number of hydrogen-bond donors (Lipinski definition) is 3. The fourth-order valence-electron chi connectivity index (χ4n) is 4.81. The number of fused-ring (bicyclic) bond motifs is 1. The zero-order valence-electron chi connectivity index (χ0n) is 25.9. The molecule has 2 heterocycles. The fourth-order valence-corrected chi connectivity index (χ4v) is 4.81. The van der Waals surface area contributed by atoms with Crippen LogP contribution >= 0.6 is 0 Å². The lowest BCUT2D eigenvalue weighted by molar-refractivity contribution is 0.0827. The van der Waals surface area contributed by atoms with Gasteiger partial charge in [0, 0.05) is 85.0 Å². The molecule has 1 atom stereocenters. The first-order valence-corrected chi connectivity index (χ1v) is 12.9. The average Bonchev–Trinajstić information content (AvgIpc) is 3.32. The minimum atomic E-state index is -2.58. The molecule has 10 heteroatoms. The summed E-state index contributed by atoms with van der Waals surface area (Å²) in [5.41, 5.74) is 5.12. The molecule has 39 heavy (non-hydrogen) atoms. The third-order valence-corrected chi connectivity index (χ3v) is 6.73. The lowest BCUT2D eigenvalue weighted by atomic mass is 9.95.